The first kappa shape index (κ1) is 15.8. The highest BCUT2D eigenvalue weighted by Gasteiger charge is 2.21. The predicted octanol–water partition coefficient (Wildman–Crippen LogP) is 6.16. The fraction of sp³-hybridized carbons (Fsp3) is 0. The number of hydrogen-bond acceptors (Lipinski definition) is 1. The Morgan fingerprint density at radius 1 is 0.680 bits per heavy atom. The van der Waals surface area contributed by atoms with Crippen LogP contribution in [-0.2, 0) is 0 Å². The molecule has 0 atom stereocenters. The van der Waals surface area contributed by atoms with E-state index in [9.17, 15) is 4.79 Å². The highest BCUT2D eigenvalue weighted by Crippen LogP contribution is 2.39. The van der Waals surface area contributed by atoms with Crippen LogP contribution < -0.4 is 0 Å². The van der Waals surface area contributed by atoms with Gasteiger partial charge in [-0.25, -0.2) is 0 Å². The van der Waals surface area contributed by atoms with Crippen LogP contribution in [0.5, 0.6) is 0 Å². The quantitative estimate of drug-likeness (QED) is 0.515. The summed E-state index contributed by atoms with van der Waals surface area (Å²) in [7, 11) is 0. The molecule has 1 aliphatic rings. The molecular weight excluding hydrogens is 372 g/mol. The summed E-state index contributed by atoms with van der Waals surface area (Å²) < 4.78 is 1.03. The number of fused-ring (bicyclic) bond motifs is 1. The molecule has 25 heavy (non-hydrogen) atoms. The Morgan fingerprint density at radius 2 is 1.32 bits per heavy atom. The largest absolute Gasteiger partial charge is 0.289 e. The zero-order valence-corrected chi connectivity index (χ0v) is 15.0. The minimum absolute atomic E-state index is 0.0545. The minimum atomic E-state index is 0.0545. The lowest BCUT2D eigenvalue weighted by Gasteiger charge is -2.20. The number of rotatable bonds is 2. The van der Waals surface area contributed by atoms with Crippen molar-refractivity contribution in [2.75, 3.05) is 0 Å². The predicted molar refractivity (Wildman–Crippen MR) is 106 cm³/mol. The summed E-state index contributed by atoms with van der Waals surface area (Å²) in [6, 6.07) is 26.3. The fourth-order valence-electron chi connectivity index (χ4n) is 3.21. The van der Waals surface area contributed by atoms with Crippen LogP contribution in [0.2, 0.25) is 0 Å². The second-order valence-electron chi connectivity index (χ2n) is 5.88. The molecule has 0 saturated heterocycles. The maximum absolute atomic E-state index is 12.3. The Hall–Kier alpha value is -2.71. The molecule has 0 saturated carbocycles. The summed E-state index contributed by atoms with van der Waals surface area (Å²) in [5.41, 5.74) is 6.14. The number of carbonyl (C=O) groups is 1. The number of hydrogen-bond donors (Lipinski definition) is 0. The summed E-state index contributed by atoms with van der Waals surface area (Å²) >= 11 is 3.69. The lowest BCUT2D eigenvalue weighted by Crippen LogP contribution is -2.06. The second-order valence-corrected chi connectivity index (χ2v) is 6.73. The van der Waals surface area contributed by atoms with Gasteiger partial charge in [-0.2, -0.15) is 0 Å². The van der Waals surface area contributed by atoms with Crippen molar-refractivity contribution in [3.8, 4) is 0 Å². The average Bonchev–Trinajstić information content (AvgIpc) is 2.66. The molecule has 4 rings (SSSR count). The summed E-state index contributed by atoms with van der Waals surface area (Å²) in [6.07, 6.45) is 3.60. The third-order valence-corrected chi connectivity index (χ3v) is 5.05. The Morgan fingerprint density at radius 3 is 2.08 bits per heavy atom. The third kappa shape index (κ3) is 2.90. The smallest absolute Gasteiger partial charge is 0.186 e. The van der Waals surface area contributed by atoms with Gasteiger partial charge in [0, 0.05) is 10.0 Å². The lowest BCUT2D eigenvalue weighted by molar-refractivity contribution is 0.104. The minimum Gasteiger partial charge on any atom is -0.289 e. The van der Waals surface area contributed by atoms with Gasteiger partial charge in [-0.1, -0.05) is 88.7 Å². The number of carbonyl (C=O) groups excluding carboxylic acids is 1. The van der Waals surface area contributed by atoms with Crippen molar-refractivity contribution in [3.05, 3.63) is 118 Å². The van der Waals surface area contributed by atoms with Crippen molar-refractivity contribution in [2.45, 2.75) is 0 Å². The zero-order chi connectivity index (χ0) is 17.2. The number of ketones is 1. The van der Waals surface area contributed by atoms with Crippen LogP contribution in [0.15, 0.2) is 95.5 Å². The monoisotopic (exact) mass is 386 g/mol. The highest BCUT2D eigenvalue weighted by atomic mass is 79.9. The van der Waals surface area contributed by atoms with E-state index in [-0.39, 0.29) is 5.78 Å². The van der Waals surface area contributed by atoms with Gasteiger partial charge >= 0.3 is 0 Å². The zero-order valence-electron chi connectivity index (χ0n) is 13.4. The fourth-order valence-corrected chi connectivity index (χ4v) is 3.70. The SMILES string of the molecule is O=C1C=C/C(=C(/c2ccccc2)c2ccccc2Br)c2ccccc21. The number of allylic oxidation sites excluding steroid dienone is 3. The Balaban J connectivity index is 2.08. The third-order valence-electron chi connectivity index (χ3n) is 4.36. The molecule has 0 spiro atoms. The van der Waals surface area contributed by atoms with E-state index in [2.05, 4.69) is 34.1 Å². The maximum atomic E-state index is 12.3. The van der Waals surface area contributed by atoms with Gasteiger partial charge in [0.25, 0.3) is 0 Å². The molecule has 0 radical (unpaired) electrons. The van der Waals surface area contributed by atoms with Crippen molar-refractivity contribution >= 4 is 32.9 Å². The van der Waals surface area contributed by atoms with Crippen LogP contribution in [0.1, 0.15) is 27.0 Å². The Kier molecular flexibility index (Phi) is 4.21. The van der Waals surface area contributed by atoms with Gasteiger partial charge in [-0.3, -0.25) is 4.79 Å². The molecule has 3 aromatic carbocycles. The number of benzene rings is 3. The molecule has 0 fully saturated rings. The van der Waals surface area contributed by atoms with E-state index in [1.165, 1.54) is 0 Å². The van der Waals surface area contributed by atoms with Crippen LogP contribution in [0, 0.1) is 0 Å². The normalized spacial score (nSPS) is 15.0. The highest BCUT2D eigenvalue weighted by molar-refractivity contribution is 9.10. The van der Waals surface area contributed by atoms with E-state index in [0.29, 0.717) is 0 Å². The van der Waals surface area contributed by atoms with Crippen molar-refractivity contribution in [1.82, 2.24) is 0 Å². The molecule has 0 bridgehead atoms. The molecular formula is C23H15BrO. The molecule has 120 valence electrons. The topological polar surface area (TPSA) is 17.1 Å². The first-order valence-electron chi connectivity index (χ1n) is 8.12. The summed E-state index contributed by atoms with van der Waals surface area (Å²) in [5.74, 6) is 0.0545. The molecule has 0 unspecified atom stereocenters. The van der Waals surface area contributed by atoms with Gasteiger partial charge in [-0.05, 0) is 46.1 Å². The van der Waals surface area contributed by atoms with E-state index in [0.717, 1.165) is 37.9 Å². The first-order chi connectivity index (χ1) is 12.3. The Labute approximate surface area is 155 Å². The average molecular weight is 387 g/mol. The summed E-state index contributed by atoms with van der Waals surface area (Å²) in [4.78, 5) is 12.3. The van der Waals surface area contributed by atoms with Crippen LogP contribution in [-0.4, -0.2) is 5.78 Å². The van der Waals surface area contributed by atoms with Crippen LogP contribution >= 0.6 is 15.9 Å². The van der Waals surface area contributed by atoms with Gasteiger partial charge in [0.15, 0.2) is 5.78 Å². The van der Waals surface area contributed by atoms with Crippen LogP contribution in [0.3, 0.4) is 0 Å². The molecule has 3 aromatic rings. The molecule has 1 nitrogen and oxygen atoms in total. The molecule has 1 aliphatic carbocycles. The van der Waals surface area contributed by atoms with Gasteiger partial charge in [0.1, 0.15) is 0 Å². The number of halogens is 1. The molecule has 2 heteroatoms. The van der Waals surface area contributed by atoms with Crippen LogP contribution in [0.4, 0.5) is 0 Å². The second kappa shape index (κ2) is 6.66. The standard InChI is InChI=1S/C23H15BrO/c24-21-13-7-6-12-20(21)23(16-8-2-1-3-9-16)19-14-15-22(25)18-11-5-4-10-17(18)19/h1-15H/b23-19+. The maximum Gasteiger partial charge on any atom is 0.186 e. The van der Waals surface area contributed by atoms with Crippen LogP contribution in [0.25, 0.3) is 11.1 Å². The van der Waals surface area contributed by atoms with Gasteiger partial charge in [0.2, 0.25) is 0 Å². The Bertz CT molecular complexity index is 1010. The van der Waals surface area contributed by atoms with E-state index < -0.39 is 0 Å². The van der Waals surface area contributed by atoms with Gasteiger partial charge < -0.3 is 0 Å². The lowest BCUT2D eigenvalue weighted by atomic mass is 9.84. The molecule has 0 heterocycles. The molecule has 0 N–H and O–H groups in total. The molecule has 0 aromatic heterocycles. The van der Waals surface area contributed by atoms with Gasteiger partial charge in [0.05, 0.1) is 0 Å². The molecule has 0 amide bonds. The van der Waals surface area contributed by atoms with E-state index >= 15 is 0 Å². The van der Waals surface area contributed by atoms with Gasteiger partial charge in [-0.15, -0.1) is 0 Å². The van der Waals surface area contributed by atoms with E-state index in [1.807, 2.05) is 66.7 Å². The van der Waals surface area contributed by atoms with Crippen molar-refractivity contribution in [1.29, 1.82) is 0 Å². The van der Waals surface area contributed by atoms with E-state index in [4.69, 9.17) is 0 Å². The summed E-state index contributed by atoms with van der Waals surface area (Å²) in [5, 5.41) is 0. The van der Waals surface area contributed by atoms with Crippen molar-refractivity contribution in [2.24, 2.45) is 0 Å². The first-order valence-corrected chi connectivity index (χ1v) is 8.91. The van der Waals surface area contributed by atoms with Crippen molar-refractivity contribution in [3.63, 3.8) is 0 Å². The molecule has 0 aliphatic heterocycles. The summed E-state index contributed by atoms with van der Waals surface area (Å²) in [6.45, 7) is 0. The van der Waals surface area contributed by atoms with Crippen molar-refractivity contribution < 1.29 is 4.79 Å². The van der Waals surface area contributed by atoms with E-state index in [1.54, 1.807) is 6.08 Å².